The lowest BCUT2D eigenvalue weighted by atomic mass is 10.2. The van der Waals surface area contributed by atoms with Gasteiger partial charge in [0.25, 0.3) is 5.91 Å². The van der Waals surface area contributed by atoms with Gasteiger partial charge in [0, 0.05) is 10.1 Å². The third-order valence-electron chi connectivity index (χ3n) is 4.31. The smallest absolute Gasteiger partial charge is 0.269 e. The van der Waals surface area contributed by atoms with Gasteiger partial charge in [-0.1, -0.05) is 45.9 Å². The zero-order chi connectivity index (χ0) is 16.7. The number of carbonyl (C=O) groups excluding carboxylic acids is 1. The molecule has 1 fully saturated rings. The van der Waals surface area contributed by atoms with Crippen molar-refractivity contribution in [1.82, 2.24) is 5.01 Å². The van der Waals surface area contributed by atoms with Gasteiger partial charge in [0.2, 0.25) is 0 Å². The SMILES string of the molecule is CC1=NN(C2=N[C@H]3CC[C@H](Br)[C@H]3S2)C(=O)[C@H]1N=Nc1ccccc1. The summed E-state index contributed by atoms with van der Waals surface area (Å²) < 4.78 is 0. The van der Waals surface area contributed by atoms with Gasteiger partial charge in [0.15, 0.2) is 11.2 Å². The van der Waals surface area contributed by atoms with Crippen LogP contribution in [0.5, 0.6) is 0 Å². The second-order valence-corrected chi connectivity index (χ2v) is 8.32. The standard InChI is InChI=1S/C16H16BrN5OS/c1-9-13(20-19-10-5-3-2-4-6-10)15(23)22(21-9)16-18-12-8-7-11(17)14(12)24-16/h2-6,11-14H,7-8H2,1H3/t11-,12-,13-,14+/m0/s1. The monoisotopic (exact) mass is 405 g/mol. The molecule has 0 bridgehead atoms. The van der Waals surface area contributed by atoms with Crippen LogP contribution < -0.4 is 0 Å². The first kappa shape index (κ1) is 16.0. The predicted octanol–water partition coefficient (Wildman–Crippen LogP) is 3.75. The average Bonchev–Trinajstić information content (AvgIpc) is 3.23. The number of amides is 1. The van der Waals surface area contributed by atoms with E-state index in [2.05, 4.69) is 31.3 Å². The first-order valence-electron chi connectivity index (χ1n) is 7.87. The van der Waals surface area contributed by atoms with Crippen LogP contribution in [-0.2, 0) is 4.79 Å². The highest BCUT2D eigenvalue weighted by Crippen LogP contribution is 2.43. The number of hydrogen-bond acceptors (Lipinski definition) is 6. The number of nitrogens with zero attached hydrogens (tertiary/aromatic N) is 5. The lowest BCUT2D eigenvalue weighted by Crippen LogP contribution is -2.32. The summed E-state index contributed by atoms with van der Waals surface area (Å²) in [5.41, 5.74) is 1.37. The van der Waals surface area contributed by atoms with Crippen LogP contribution in [0.1, 0.15) is 19.8 Å². The molecule has 1 aromatic carbocycles. The molecule has 1 aliphatic carbocycles. The van der Waals surface area contributed by atoms with Gasteiger partial charge in [-0.25, -0.2) is 0 Å². The second-order valence-electron chi connectivity index (χ2n) is 6.00. The van der Waals surface area contributed by atoms with Crippen LogP contribution >= 0.6 is 27.7 Å². The number of halogens is 1. The Bertz CT molecular complexity index is 750. The largest absolute Gasteiger partial charge is 0.281 e. The van der Waals surface area contributed by atoms with E-state index >= 15 is 0 Å². The number of fused-ring (bicyclic) bond motifs is 1. The minimum absolute atomic E-state index is 0.176. The molecule has 4 rings (SSSR count). The number of hydrazone groups is 1. The summed E-state index contributed by atoms with van der Waals surface area (Å²) in [5, 5.41) is 15.2. The molecule has 124 valence electrons. The Hall–Kier alpha value is -1.54. The molecule has 24 heavy (non-hydrogen) atoms. The Kier molecular flexibility index (Phi) is 4.26. The summed E-state index contributed by atoms with van der Waals surface area (Å²) >= 11 is 5.34. The quantitative estimate of drug-likeness (QED) is 0.555. The number of benzene rings is 1. The maximum atomic E-state index is 12.7. The van der Waals surface area contributed by atoms with E-state index in [4.69, 9.17) is 4.99 Å². The summed E-state index contributed by atoms with van der Waals surface area (Å²) in [7, 11) is 0. The van der Waals surface area contributed by atoms with Crippen molar-refractivity contribution in [2.45, 2.75) is 41.9 Å². The van der Waals surface area contributed by atoms with Crippen molar-refractivity contribution in [1.29, 1.82) is 0 Å². The number of rotatable bonds is 2. The number of carbonyl (C=O) groups is 1. The Balaban J connectivity index is 1.50. The van der Waals surface area contributed by atoms with E-state index in [-0.39, 0.29) is 11.9 Å². The van der Waals surface area contributed by atoms with Gasteiger partial charge in [0.05, 0.1) is 17.4 Å². The summed E-state index contributed by atoms with van der Waals surface area (Å²) in [6, 6.07) is 9.01. The molecule has 2 heterocycles. The van der Waals surface area contributed by atoms with Gasteiger partial charge < -0.3 is 0 Å². The number of azo groups is 1. The highest BCUT2D eigenvalue weighted by molar-refractivity contribution is 9.09. The van der Waals surface area contributed by atoms with Crippen LogP contribution in [0.15, 0.2) is 50.7 Å². The predicted molar refractivity (Wildman–Crippen MR) is 99.3 cm³/mol. The van der Waals surface area contributed by atoms with E-state index in [1.54, 1.807) is 18.7 Å². The van der Waals surface area contributed by atoms with Crippen LogP contribution in [0.2, 0.25) is 0 Å². The van der Waals surface area contributed by atoms with Gasteiger partial charge in [-0.05, 0) is 31.9 Å². The highest BCUT2D eigenvalue weighted by atomic mass is 79.9. The Morgan fingerprint density at radius 3 is 2.83 bits per heavy atom. The molecular weight excluding hydrogens is 390 g/mol. The zero-order valence-corrected chi connectivity index (χ0v) is 15.4. The molecule has 1 amide bonds. The maximum Gasteiger partial charge on any atom is 0.281 e. The van der Waals surface area contributed by atoms with E-state index in [9.17, 15) is 4.79 Å². The van der Waals surface area contributed by atoms with Gasteiger partial charge in [-0.3, -0.25) is 9.79 Å². The molecule has 6 nitrogen and oxygen atoms in total. The van der Waals surface area contributed by atoms with E-state index in [0.717, 1.165) is 18.5 Å². The molecule has 4 atom stereocenters. The molecular formula is C16H16BrN5OS. The van der Waals surface area contributed by atoms with Crippen molar-refractivity contribution in [2.24, 2.45) is 20.3 Å². The molecule has 8 heteroatoms. The average molecular weight is 406 g/mol. The molecule has 0 unspecified atom stereocenters. The van der Waals surface area contributed by atoms with Crippen molar-refractivity contribution in [3.63, 3.8) is 0 Å². The normalized spacial score (nSPS) is 32.4. The number of aliphatic imine (C=N–C) groups is 1. The zero-order valence-electron chi connectivity index (χ0n) is 13.0. The highest BCUT2D eigenvalue weighted by Gasteiger charge is 2.45. The Morgan fingerprint density at radius 1 is 1.29 bits per heavy atom. The number of alkyl halides is 1. The van der Waals surface area contributed by atoms with E-state index in [1.807, 2.05) is 30.3 Å². The summed E-state index contributed by atoms with van der Waals surface area (Å²) in [6.45, 7) is 1.81. The third-order valence-corrected chi connectivity index (χ3v) is 7.10. The molecule has 3 aliphatic rings. The number of thioether (sulfide) groups is 1. The molecule has 0 N–H and O–H groups in total. The minimum atomic E-state index is -0.659. The molecule has 1 saturated carbocycles. The lowest BCUT2D eigenvalue weighted by molar-refractivity contribution is -0.125. The summed E-state index contributed by atoms with van der Waals surface area (Å²) in [5.74, 6) is -0.176. The fourth-order valence-electron chi connectivity index (χ4n) is 3.03. The van der Waals surface area contributed by atoms with Crippen molar-refractivity contribution < 1.29 is 4.79 Å². The molecule has 2 aliphatic heterocycles. The van der Waals surface area contributed by atoms with E-state index in [0.29, 0.717) is 21.0 Å². The van der Waals surface area contributed by atoms with Crippen molar-refractivity contribution in [3.8, 4) is 0 Å². The lowest BCUT2D eigenvalue weighted by Gasteiger charge is -2.14. The fraction of sp³-hybridized carbons (Fsp3) is 0.438. The van der Waals surface area contributed by atoms with Crippen LogP contribution in [-0.4, -0.2) is 44.0 Å². The number of hydrogen-bond donors (Lipinski definition) is 0. The van der Waals surface area contributed by atoms with Gasteiger partial charge in [-0.15, -0.1) is 0 Å². The van der Waals surface area contributed by atoms with E-state index in [1.165, 1.54) is 5.01 Å². The topological polar surface area (TPSA) is 69.8 Å². The summed E-state index contributed by atoms with van der Waals surface area (Å²) in [4.78, 5) is 17.8. The first-order chi connectivity index (χ1) is 11.6. The van der Waals surface area contributed by atoms with Crippen molar-refractivity contribution in [2.75, 3.05) is 0 Å². The third kappa shape index (κ3) is 2.82. The molecule has 0 aromatic heterocycles. The molecule has 1 aromatic rings. The summed E-state index contributed by atoms with van der Waals surface area (Å²) in [6.07, 6.45) is 2.18. The molecule has 0 radical (unpaired) electrons. The van der Waals surface area contributed by atoms with Gasteiger partial charge in [-0.2, -0.15) is 20.3 Å². The second kappa shape index (κ2) is 6.40. The minimum Gasteiger partial charge on any atom is -0.269 e. The van der Waals surface area contributed by atoms with Crippen LogP contribution in [0, 0.1) is 0 Å². The van der Waals surface area contributed by atoms with E-state index < -0.39 is 6.04 Å². The molecule has 0 saturated heterocycles. The van der Waals surface area contributed by atoms with Crippen molar-refractivity contribution in [3.05, 3.63) is 30.3 Å². The van der Waals surface area contributed by atoms with Crippen molar-refractivity contribution >= 4 is 50.2 Å². The Labute approximate surface area is 152 Å². The molecule has 0 spiro atoms. The fourth-order valence-corrected chi connectivity index (χ4v) is 5.28. The first-order valence-corrected chi connectivity index (χ1v) is 9.66. The Morgan fingerprint density at radius 2 is 2.08 bits per heavy atom. The number of amidine groups is 1. The maximum absolute atomic E-state index is 12.7. The van der Waals surface area contributed by atoms with Gasteiger partial charge >= 0.3 is 0 Å². The van der Waals surface area contributed by atoms with Gasteiger partial charge in [0.1, 0.15) is 0 Å². The van der Waals surface area contributed by atoms with Crippen LogP contribution in [0.25, 0.3) is 0 Å². The van der Waals surface area contributed by atoms with Crippen LogP contribution in [0.4, 0.5) is 5.69 Å². The van der Waals surface area contributed by atoms with Crippen LogP contribution in [0.3, 0.4) is 0 Å².